The molecule has 0 amide bonds. The number of aliphatic hydroxyl groups excluding tert-OH is 4. The summed E-state index contributed by atoms with van der Waals surface area (Å²) in [6.07, 6.45) is 3.60. The van der Waals surface area contributed by atoms with Crippen molar-refractivity contribution in [1.82, 2.24) is 0 Å². The number of rotatable bonds is 13. The van der Waals surface area contributed by atoms with E-state index in [1.165, 1.54) is 45.4 Å². The quantitative estimate of drug-likeness (QED) is 0.305. The van der Waals surface area contributed by atoms with Crippen molar-refractivity contribution >= 4 is 5.97 Å². The van der Waals surface area contributed by atoms with Crippen molar-refractivity contribution in [2.75, 3.05) is 0 Å². The molecular formula is C20H38O7. The first-order valence-electron chi connectivity index (χ1n) is 10.4. The van der Waals surface area contributed by atoms with Gasteiger partial charge < -0.3 is 30.3 Å². The summed E-state index contributed by atoms with van der Waals surface area (Å²) >= 11 is 0. The monoisotopic (exact) mass is 390 g/mol. The summed E-state index contributed by atoms with van der Waals surface area (Å²) in [6, 6.07) is 0. The van der Waals surface area contributed by atoms with Gasteiger partial charge in [0.25, 0.3) is 0 Å². The van der Waals surface area contributed by atoms with Gasteiger partial charge in [0.1, 0.15) is 24.4 Å². The number of ether oxygens (including phenoxy) is 1. The normalized spacial score (nSPS) is 30.8. The minimum Gasteiger partial charge on any atom is -0.481 e. The standard InChI is InChI=1S/C20H38O7/c1-3-4-5-6-7-8-9-10-11-12-13-20(2,19(25)26)17-15(22)14(21)16(23)18(24)27-17/h14-18,21-24H,3-13H2,1-2H3,(H,25,26)/t14-,15-,16+,17-,18?,20?/m0/s1. The molecule has 1 saturated heterocycles. The van der Waals surface area contributed by atoms with Crippen molar-refractivity contribution in [2.24, 2.45) is 5.41 Å². The van der Waals surface area contributed by atoms with E-state index in [0.29, 0.717) is 6.42 Å². The minimum atomic E-state index is -1.72. The van der Waals surface area contributed by atoms with Crippen LogP contribution in [0.4, 0.5) is 0 Å². The Kier molecular flexibility index (Phi) is 10.8. The minimum absolute atomic E-state index is 0.260. The fourth-order valence-corrected chi connectivity index (χ4v) is 3.74. The fraction of sp³-hybridized carbons (Fsp3) is 0.950. The van der Waals surface area contributed by atoms with Crippen LogP contribution < -0.4 is 0 Å². The number of carboxylic acid groups (broad SMARTS) is 1. The van der Waals surface area contributed by atoms with Crippen molar-refractivity contribution in [3.8, 4) is 0 Å². The van der Waals surface area contributed by atoms with E-state index < -0.39 is 42.1 Å². The number of unbranched alkanes of at least 4 members (excludes halogenated alkanes) is 9. The van der Waals surface area contributed by atoms with Gasteiger partial charge in [-0.25, -0.2) is 0 Å². The van der Waals surface area contributed by atoms with Gasteiger partial charge in [-0.3, -0.25) is 4.79 Å². The van der Waals surface area contributed by atoms with Gasteiger partial charge in [-0.05, 0) is 13.3 Å². The van der Waals surface area contributed by atoms with Gasteiger partial charge in [-0.1, -0.05) is 71.1 Å². The molecule has 0 radical (unpaired) electrons. The maximum absolute atomic E-state index is 11.8. The Labute approximate surface area is 162 Å². The first-order valence-corrected chi connectivity index (χ1v) is 10.4. The summed E-state index contributed by atoms with van der Waals surface area (Å²) in [4.78, 5) is 11.8. The van der Waals surface area contributed by atoms with Crippen LogP contribution in [0.5, 0.6) is 0 Å². The Hall–Kier alpha value is -0.730. The maximum atomic E-state index is 11.8. The fourth-order valence-electron chi connectivity index (χ4n) is 3.74. The highest BCUT2D eigenvalue weighted by Crippen LogP contribution is 2.37. The number of aliphatic carboxylic acids is 1. The molecule has 0 aromatic rings. The van der Waals surface area contributed by atoms with Crippen molar-refractivity contribution in [2.45, 2.75) is 115 Å². The third-order valence-corrected chi connectivity index (χ3v) is 5.75. The number of aliphatic hydroxyl groups is 4. The van der Waals surface area contributed by atoms with E-state index in [1.54, 1.807) is 0 Å². The zero-order valence-corrected chi connectivity index (χ0v) is 16.7. The Morgan fingerprint density at radius 3 is 1.78 bits per heavy atom. The lowest BCUT2D eigenvalue weighted by atomic mass is 9.74. The number of carbonyl (C=O) groups is 1. The highest BCUT2D eigenvalue weighted by atomic mass is 16.6. The Morgan fingerprint density at radius 1 is 0.815 bits per heavy atom. The SMILES string of the molecule is CCCCCCCCCCCCC(C)(C(=O)O)[C@H]1OC(O)[C@H](O)[C@@H](O)[C@@H]1O. The smallest absolute Gasteiger partial charge is 0.312 e. The molecule has 1 aliphatic rings. The van der Waals surface area contributed by atoms with Crippen LogP contribution in [0, 0.1) is 5.41 Å². The molecule has 2 unspecified atom stereocenters. The lowest BCUT2D eigenvalue weighted by Gasteiger charge is -2.44. The topological polar surface area (TPSA) is 127 Å². The zero-order chi connectivity index (χ0) is 20.4. The highest BCUT2D eigenvalue weighted by Gasteiger charge is 2.53. The largest absolute Gasteiger partial charge is 0.481 e. The van der Waals surface area contributed by atoms with E-state index >= 15 is 0 Å². The molecule has 1 fully saturated rings. The van der Waals surface area contributed by atoms with Crippen LogP contribution >= 0.6 is 0 Å². The molecule has 0 bridgehead atoms. The molecular weight excluding hydrogens is 352 g/mol. The number of hydrogen-bond acceptors (Lipinski definition) is 6. The molecule has 0 aliphatic carbocycles. The van der Waals surface area contributed by atoms with Gasteiger partial charge in [0.05, 0.1) is 5.41 Å². The molecule has 0 aromatic carbocycles. The second kappa shape index (κ2) is 12.0. The van der Waals surface area contributed by atoms with E-state index in [4.69, 9.17) is 4.74 Å². The molecule has 1 heterocycles. The molecule has 27 heavy (non-hydrogen) atoms. The van der Waals surface area contributed by atoms with Crippen LogP contribution in [-0.2, 0) is 9.53 Å². The molecule has 7 heteroatoms. The van der Waals surface area contributed by atoms with Gasteiger partial charge in [-0.2, -0.15) is 0 Å². The lowest BCUT2D eigenvalue weighted by molar-refractivity contribution is -0.301. The molecule has 0 saturated carbocycles. The van der Waals surface area contributed by atoms with Crippen LogP contribution in [0.3, 0.4) is 0 Å². The maximum Gasteiger partial charge on any atom is 0.312 e. The van der Waals surface area contributed by atoms with Crippen molar-refractivity contribution in [3.63, 3.8) is 0 Å². The van der Waals surface area contributed by atoms with Crippen LogP contribution in [-0.4, -0.2) is 62.2 Å². The summed E-state index contributed by atoms with van der Waals surface area (Å²) in [5.41, 5.74) is -1.46. The van der Waals surface area contributed by atoms with Crippen molar-refractivity contribution in [1.29, 1.82) is 0 Å². The van der Waals surface area contributed by atoms with Gasteiger partial charge in [0, 0.05) is 0 Å². The molecule has 5 N–H and O–H groups in total. The summed E-state index contributed by atoms with van der Waals surface area (Å²) in [5, 5.41) is 48.9. The third kappa shape index (κ3) is 6.98. The lowest BCUT2D eigenvalue weighted by Crippen LogP contribution is -2.63. The average Bonchev–Trinajstić information content (AvgIpc) is 2.64. The molecule has 0 aromatic heterocycles. The van der Waals surface area contributed by atoms with Gasteiger partial charge >= 0.3 is 5.97 Å². The Morgan fingerprint density at radius 2 is 1.30 bits per heavy atom. The highest BCUT2D eigenvalue weighted by molar-refractivity contribution is 5.75. The van der Waals surface area contributed by atoms with Crippen LogP contribution in [0.25, 0.3) is 0 Å². The molecule has 0 spiro atoms. The Balaban J connectivity index is 2.41. The summed E-state index contributed by atoms with van der Waals surface area (Å²) in [5.74, 6) is -1.15. The molecule has 160 valence electrons. The molecule has 1 aliphatic heterocycles. The van der Waals surface area contributed by atoms with Gasteiger partial charge in [0.15, 0.2) is 6.29 Å². The van der Waals surface area contributed by atoms with E-state index in [1.807, 2.05) is 0 Å². The zero-order valence-electron chi connectivity index (χ0n) is 16.7. The van der Waals surface area contributed by atoms with Gasteiger partial charge in [0.2, 0.25) is 0 Å². The number of carboxylic acids is 1. The predicted octanol–water partition coefficient (Wildman–Crippen LogP) is 2.19. The summed E-state index contributed by atoms with van der Waals surface area (Å²) in [6.45, 7) is 3.65. The van der Waals surface area contributed by atoms with Gasteiger partial charge in [-0.15, -0.1) is 0 Å². The number of hydrogen-bond donors (Lipinski definition) is 5. The second-order valence-electron chi connectivity index (χ2n) is 8.07. The van der Waals surface area contributed by atoms with E-state index in [-0.39, 0.29) is 6.42 Å². The van der Waals surface area contributed by atoms with Crippen LogP contribution in [0.2, 0.25) is 0 Å². The third-order valence-electron chi connectivity index (χ3n) is 5.75. The summed E-state index contributed by atoms with van der Waals surface area (Å²) < 4.78 is 5.16. The van der Waals surface area contributed by atoms with Crippen LogP contribution in [0.1, 0.15) is 84.5 Å². The van der Waals surface area contributed by atoms with Crippen LogP contribution in [0.15, 0.2) is 0 Å². The predicted molar refractivity (Wildman–Crippen MR) is 101 cm³/mol. The van der Waals surface area contributed by atoms with E-state index in [9.17, 15) is 30.3 Å². The summed E-state index contributed by atoms with van der Waals surface area (Å²) in [7, 11) is 0. The first kappa shape index (κ1) is 24.3. The average molecular weight is 391 g/mol. The van der Waals surface area contributed by atoms with Crippen molar-refractivity contribution < 1.29 is 35.1 Å². The van der Waals surface area contributed by atoms with E-state index in [0.717, 1.165) is 19.3 Å². The van der Waals surface area contributed by atoms with E-state index in [2.05, 4.69) is 6.92 Å². The molecule has 6 atom stereocenters. The second-order valence-corrected chi connectivity index (χ2v) is 8.07. The first-order chi connectivity index (χ1) is 12.8. The van der Waals surface area contributed by atoms with Crippen molar-refractivity contribution in [3.05, 3.63) is 0 Å². The molecule has 1 rings (SSSR count). The molecule has 7 nitrogen and oxygen atoms in total. The Bertz CT molecular complexity index is 431.